The molecule has 0 aromatic carbocycles. The molecule has 1 saturated heterocycles. The normalized spacial score (nSPS) is 17.4. The molecule has 3 rings (SSSR count). The molecule has 0 radical (unpaired) electrons. The summed E-state index contributed by atoms with van der Waals surface area (Å²) in [5.41, 5.74) is 1.65. The number of hydrogen-bond donors (Lipinski definition) is 0. The van der Waals surface area contributed by atoms with Gasteiger partial charge >= 0.3 is 0 Å². The molecule has 1 aliphatic heterocycles. The second-order valence-corrected chi connectivity index (χ2v) is 6.70. The molecule has 3 heterocycles. The SMILES string of the molecule is CN(C)c1cccc(CC[C@H]2CCCCN2C(=O)c2cncnc2)n1. The number of carbonyl (C=O) groups is 1. The summed E-state index contributed by atoms with van der Waals surface area (Å²) >= 11 is 0. The van der Waals surface area contributed by atoms with Crippen molar-refractivity contribution >= 4 is 11.7 Å². The molecular weight excluding hydrogens is 314 g/mol. The summed E-state index contributed by atoms with van der Waals surface area (Å²) in [6.07, 6.45) is 9.74. The van der Waals surface area contributed by atoms with Gasteiger partial charge < -0.3 is 9.80 Å². The third kappa shape index (κ3) is 4.32. The molecule has 0 saturated carbocycles. The quantitative estimate of drug-likeness (QED) is 0.838. The Morgan fingerprint density at radius 3 is 2.80 bits per heavy atom. The van der Waals surface area contributed by atoms with E-state index in [1.165, 1.54) is 12.7 Å². The first-order valence-electron chi connectivity index (χ1n) is 8.84. The van der Waals surface area contributed by atoms with Crippen molar-refractivity contribution in [2.45, 2.75) is 38.1 Å². The molecule has 0 spiro atoms. The highest BCUT2D eigenvalue weighted by molar-refractivity contribution is 5.93. The van der Waals surface area contributed by atoms with Crippen LogP contribution in [0.3, 0.4) is 0 Å². The molecule has 1 fully saturated rings. The molecule has 6 heteroatoms. The molecule has 1 atom stereocenters. The summed E-state index contributed by atoms with van der Waals surface area (Å²) in [6, 6.07) is 6.37. The third-order valence-corrected chi connectivity index (χ3v) is 4.68. The van der Waals surface area contributed by atoms with Crippen LogP contribution in [-0.4, -0.2) is 52.4 Å². The van der Waals surface area contributed by atoms with Crippen molar-refractivity contribution in [1.29, 1.82) is 0 Å². The number of anilines is 1. The van der Waals surface area contributed by atoms with E-state index in [1.807, 2.05) is 36.0 Å². The summed E-state index contributed by atoms with van der Waals surface area (Å²) in [4.78, 5) is 29.4. The van der Waals surface area contributed by atoms with Gasteiger partial charge in [0.2, 0.25) is 0 Å². The van der Waals surface area contributed by atoms with E-state index in [0.29, 0.717) is 5.56 Å². The molecule has 1 aliphatic rings. The van der Waals surface area contributed by atoms with Crippen molar-refractivity contribution in [2.24, 2.45) is 0 Å². The number of pyridine rings is 1. The number of piperidine rings is 1. The van der Waals surface area contributed by atoms with Crippen LogP contribution in [-0.2, 0) is 6.42 Å². The molecule has 25 heavy (non-hydrogen) atoms. The summed E-state index contributed by atoms with van der Waals surface area (Å²) in [5, 5.41) is 0. The van der Waals surface area contributed by atoms with Crippen LogP contribution in [0.5, 0.6) is 0 Å². The molecular formula is C19H25N5O. The minimum atomic E-state index is 0.0419. The summed E-state index contributed by atoms with van der Waals surface area (Å²) in [7, 11) is 3.99. The first-order valence-corrected chi connectivity index (χ1v) is 8.84. The van der Waals surface area contributed by atoms with Crippen molar-refractivity contribution in [2.75, 3.05) is 25.5 Å². The maximum absolute atomic E-state index is 12.8. The van der Waals surface area contributed by atoms with Gasteiger partial charge in [-0.2, -0.15) is 0 Å². The van der Waals surface area contributed by atoms with E-state index in [9.17, 15) is 4.79 Å². The Hall–Kier alpha value is -2.50. The van der Waals surface area contributed by atoms with Crippen LogP contribution in [0.1, 0.15) is 41.7 Å². The second kappa shape index (κ2) is 8.05. The van der Waals surface area contributed by atoms with Gasteiger partial charge in [-0.15, -0.1) is 0 Å². The topological polar surface area (TPSA) is 62.2 Å². The fourth-order valence-electron chi connectivity index (χ4n) is 3.31. The number of aryl methyl sites for hydroxylation is 1. The Kier molecular flexibility index (Phi) is 5.58. The molecule has 2 aromatic heterocycles. The lowest BCUT2D eigenvalue weighted by Gasteiger charge is -2.36. The Balaban J connectivity index is 1.67. The highest BCUT2D eigenvalue weighted by Gasteiger charge is 2.27. The fourth-order valence-corrected chi connectivity index (χ4v) is 3.31. The van der Waals surface area contributed by atoms with Gasteiger partial charge in [-0.1, -0.05) is 6.07 Å². The van der Waals surface area contributed by atoms with Gasteiger partial charge in [-0.05, 0) is 44.2 Å². The van der Waals surface area contributed by atoms with Crippen molar-refractivity contribution in [3.05, 3.63) is 48.2 Å². The van der Waals surface area contributed by atoms with E-state index >= 15 is 0 Å². The van der Waals surface area contributed by atoms with E-state index in [0.717, 1.165) is 43.7 Å². The highest BCUT2D eigenvalue weighted by Crippen LogP contribution is 2.23. The van der Waals surface area contributed by atoms with Gasteiger partial charge in [0.1, 0.15) is 12.1 Å². The zero-order valence-corrected chi connectivity index (χ0v) is 14.9. The average Bonchev–Trinajstić information content (AvgIpc) is 2.67. The summed E-state index contributed by atoms with van der Waals surface area (Å²) < 4.78 is 0. The second-order valence-electron chi connectivity index (χ2n) is 6.70. The lowest BCUT2D eigenvalue weighted by Crippen LogP contribution is -2.44. The van der Waals surface area contributed by atoms with Crippen LogP contribution in [0.15, 0.2) is 36.9 Å². The molecule has 0 aliphatic carbocycles. The molecule has 0 unspecified atom stereocenters. The van der Waals surface area contributed by atoms with E-state index in [-0.39, 0.29) is 11.9 Å². The maximum Gasteiger partial charge on any atom is 0.257 e. The predicted octanol–water partition coefficient (Wildman–Crippen LogP) is 2.57. The van der Waals surface area contributed by atoms with Crippen LogP contribution >= 0.6 is 0 Å². The van der Waals surface area contributed by atoms with E-state index < -0.39 is 0 Å². The number of nitrogens with zero attached hydrogens (tertiary/aromatic N) is 5. The van der Waals surface area contributed by atoms with Crippen LogP contribution in [0, 0.1) is 0 Å². The number of rotatable bonds is 5. The van der Waals surface area contributed by atoms with Gasteiger partial charge in [0, 0.05) is 44.8 Å². The van der Waals surface area contributed by atoms with Crippen molar-refractivity contribution < 1.29 is 4.79 Å². The standard InChI is InChI=1S/C19H25N5O/c1-23(2)18-8-5-6-16(22-18)9-10-17-7-3-4-11-24(17)19(25)15-12-20-14-21-13-15/h5-6,8,12-14,17H,3-4,7,9-11H2,1-2H3/t17-/m1/s1. The summed E-state index contributed by atoms with van der Waals surface area (Å²) in [5.74, 6) is 1.01. The Bertz CT molecular complexity index is 704. The molecule has 1 amide bonds. The molecule has 6 nitrogen and oxygen atoms in total. The smallest absolute Gasteiger partial charge is 0.257 e. The van der Waals surface area contributed by atoms with Crippen molar-refractivity contribution in [3.8, 4) is 0 Å². The number of amides is 1. The van der Waals surface area contributed by atoms with Crippen LogP contribution in [0.4, 0.5) is 5.82 Å². The number of carbonyl (C=O) groups excluding carboxylic acids is 1. The Morgan fingerprint density at radius 2 is 2.04 bits per heavy atom. The molecule has 2 aromatic rings. The maximum atomic E-state index is 12.8. The minimum Gasteiger partial charge on any atom is -0.363 e. The summed E-state index contributed by atoms with van der Waals surface area (Å²) in [6.45, 7) is 0.809. The number of likely N-dealkylation sites (tertiary alicyclic amines) is 1. The van der Waals surface area contributed by atoms with Crippen LogP contribution < -0.4 is 4.90 Å². The molecule has 132 valence electrons. The lowest BCUT2D eigenvalue weighted by molar-refractivity contribution is 0.0600. The molecule has 0 N–H and O–H groups in total. The van der Waals surface area contributed by atoms with Gasteiger partial charge in [-0.3, -0.25) is 4.79 Å². The Labute approximate surface area is 148 Å². The average molecular weight is 339 g/mol. The van der Waals surface area contributed by atoms with Crippen molar-refractivity contribution in [1.82, 2.24) is 19.9 Å². The first kappa shape index (κ1) is 17.3. The van der Waals surface area contributed by atoms with Gasteiger partial charge in [0.05, 0.1) is 5.56 Å². The highest BCUT2D eigenvalue weighted by atomic mass is 16.2. The van der Waals surface area contributed by atoms with Gasteiger partial charge in [0.25, 0.3) is 5.91 Å². The van der Waals surface area contributed by atoms with Crippen LogP contribution in [0.25, 0.3) is 0 Å². The van der Waals surface area contributed by atoms with Gasteiger partial charge in [-0.25, -0.2) is 15.0 Å². The van der Waals surface area contributed by atoms with E-state index in [4.69, 9.17) is 0 Å². The third-order valence-electron chi connectivity index (χ3n) is 4.68. The Morgan fingerprint density at radius 1 is 1.24 bits per heavy atom. The number of aromatic nitrogens is 3. The minimum absolute atomic E-state index is 0.0419. The van der Waals surface area contributed by atoms with Crippen LogP contribution in [0.2, 0.25) is 0 Å². The fraction of sp³-hybridized carbons (Fsp3) is 0.474. The first-order chi connectivity index (χ1) is 12.1. The largest absolute Gasteiger partial charge is 0.363 e. The van der Waals surface area contributed by atoms with Crippen molar-refractivity contribution in [3.63, 3.8) is 0 Å². The zero-order chi connectivity index (χ0) is 17.6. The monoisotopic (exact) mass is 339 g/mol. The van der Waals surface area contributed by atoms with Gasteiger partial charge in [0.15, 0.2) is 0 Å². The predicted molar refractivity (Wildman–Crippen MR) is 97.6 cm³/mol. The molecule has 0 bridgehead atoms. The number of hydrogen-bond acceptors (Lipinski definition) is 5. The lowest BCUT2D eigenvalue weighted by atomic mass is 9.96. The van der Waals surface area contributed by atoms with E-state index in [1.54, 1.807) is 12.4 Å². The van der Waals surface area contributed by atoms with E-state index in [2.05, 4.69) is 21.0 Å². The zero-order valence-electron chi connectivity index (χ0n) is 14.9.